The first-order valence-electron chi connectivity index (χ1n) is 10.8. The Labute approximate surface area is 192 Å². The molecule has 3 heterocycles. The largest absolute Gasteiger partial charge is 0.497 e. The van der Waals surface area contributed by atoms with Gasteiger partial charge in [-0.25, -0.2) is 15.0 Å². The lowest BCUT2D eigenvalue weighted by Crippen LogP contribution is -2.29. The van der Waals surface area contributed by atoms with E-state index < -0.39 is 0 Å². The van der Waals surface area contributed by atoms with E-state index in [1.165, 1.54) is 6.20 Å². The number of ether oxygens (including phenoxy) is 1. The summed E-state index contributed by atoms with van der Waals surface area (Å²) in [5.74, 6) is 1.02. The van der Waals surface area contributed by atoms with E-state index in [1.54, 1.807) is 31.3 Å². The highest BCUT2D eigenvalue weighted by Crippen LogP contribution is 2.26. The minimum atomic E-state index is -0.233. The molecule has 2 aromatic heterocycles. The van der Waals surface area contributed by atoms with Crippen molar-refractivity contribution in [3.05, 3.63) is 76.9 Å². The number of carbonyl (C=O) groups is 2. The van der Waals surface area contributed by atoms with Gasteiger partial charge in [-0.1, -0.05) is 12.1 Å². The van der Waals surface area contributed by atoms with Crippen LogP contribution in [0.1, 0.15) is 56.0 Å². The Morgan fingerprint density at radius 3 is 2.73 bits per heavy atom. The van der Waals surface area contributed by atoms with Gasteiger partial charge in [-0.3, -0.25) is 14.6 Å². The third kappa shape index (κ3) is 5.14. The third-order valence-corrected chi connectivity index (χ3v) is 5.67. The smallest absolute Gasteiger partial charge is 0.274 e. The molecule has 4 rings (SSSR count). The summed E-state index contributed by atoms with van der Waals surface area (Å²) in [7, 11) is 1.61. The Hall–Kier alpha value is -3.88. The van der Waals surface area contributed by atoms with Crippen LogP contribution >= 0.6 is 0 Å². The van der Waals surface area contributed by atoms with Crippen molar-refractivity contribution in [2.24, 2.45) is 0 Å². The molecule has 1 aliphatic heterocycles. The number of likely N-dealkylation sites (tertiary alicyclic amines) is 1. The summed E-state index contributed by atoms with van der Waals surface area (Å²) in [6, 6.07) is 7.53. The molecule has 33 heavy (non-hydrogen) atoms. The van der Waals surface area contributed by atoms with E-state index in [0.29, 0.717) is 42.4 Å². The summed E-state index contributed by atoms with van der Waals surface area (Å²) in [6.07, 6.45) is 5.41. The van der Waals surface area contributed by atoms with Gasteiger partial charge in [0.1, 0.15) is 17.3 Å². The minimum Gasteiger partial charge on any atom is -0.497 e. The fourth-order valence-electron chi connectivity index (χ4n) is 3.79. The van der Waals surface area contributed by atoms with E-state index >= 15 is 0 Å². The molecule has 1 fully saturated rings. The molecular weight excluding hydrogens is 420 g/mol. The monoisotopic (exact) mass is 446 g/mol. The third-order valence-electron chi connectivity index (χ3n) is 5.67. The van der Waals surface area contributed by atoms with Crippen molar-refractivity contribution in [1.29, 1.82) is 0 Å². The van der Waals surface area contributed by atoms with E-state index in [9.17, 15) is 9.59 Å². The van der Waals surface area contributed by atoms with Crippen LogP contribution in [0.2, 0.25) is 0 Å². The standard InChI is InChI=1S/C24H26N6O3/c1-15-10-26-21(13-25-15)24(32)30-8-7-18(14-30)22-27-12-20(16(2)29-22)23(31)28-11-17-5-4-6-19(9-17)33-3/h4-6,9-10,12-13,18H,7-8,11,14H2,1-3H3,(H,28,31)/t18-/m0/s1. The number of rotatable bonds is 6. The van der Waals surface area contributed by atoms with Crippen molar-refractivity contribution in [2.75, 3.05) is 20.2 Å². The molecule has 1 saturated heterocycles. The first-order valence-corrected chi connectivity index (χ1v) is 10.8. The van der Waals surface area contributed by atoms with Gasteiger partial charge in [0, 0.05) is 37.9 Å². The molecule has 1 N–H and O–H groups in total. The van der Waals surface area contributed by atoms with Crippen LogP contribution < -0.4 is 10.1 Å². The quantitative estimate of drug-likeness (QED) is 0.619. The van der Waals surface area contributed by atoms with E-state index in [0.717, 1.165) is 23.4 Å². The lowest BCUT2D eigenvalue weighted by atomic mass is 10.1. The second-order valence-electron chi connectivity index (χ2n) is 8.04. The van der Waals surface area contributed by atoms with Gasteiger partial charge in [-0.15, -0.1) is 0 Å². The average molecular weight is 447 g/mol. The van der Waals surface area contributed by atoms with Crippen molar-refractivity contribution in [3.63, 3.8) is 0 Å². The molecule has 1 atom stereocenters. The molecule has 1 aromatic carbocycles. The van der Waals surface area contributed by atoms with E-state index in [1.807, 2.05) is 31.2 Å². The lowest BCUT2D eigenvalue weighted by molar-refractivity contribution is 0.0784. The molecule has 0 aliphatic carbocycles. The average Bonchev–Trinajstić information content (AvgIpc) is 3.33. The topological polar surface area (TPSA) is 110 Å². The van der Waals surface area contributed by atoms with Crippen molar-refractivity contribution < 1.29 is 14.3 Å². The SMILES string of the molecule is COc1cccc(CNC(=O)c2cnc([C@H]3CCN(C(=O)c4cnc(C)cn4)C3)nc2C)c1. The second kappa shape index (κ2) is 9.72. The zero-order chi connectivity index (χ0) is 23.4. The number of hydrogen-bond donors (Lipinski definition) is 1. The molecular formula is C24H26N6O3. The summed E-state index contributed by atoms with van der Waals surface area (Å²) < 4.78 is 5.22. The Balaban J connectivity index is 1.38. The fraction of sp³-hybridized carbons (Fsp3) is 0.333. The fourth-order valence-corrected chi connectivity index (χ4v) is 3.79. The van der Waals surface area contributed by atoms with Crippen molar-refractivity contribution in [2.45, 2.75) is 32.7 Å². The van der Waals surface area contributed by atoms with Gasteiger partial charge in [0.05, 0.1) is 30.3 Å². The maximum atomic E-state index is 12.7. The number of nitrogens with one attached hydrogen (secondary N) is 1. The minimum absolute atomic E-state index is 0.0138. The molecule has 0 spiro atoms. The van der Waals surface area contributed by atoms with Crippen LogP contribution in [0.5, 0.6) is 5.75 Å². The van der Waals surface area contributed by atoms with Crippen molar-refractivity contribution >= 4 is 11.8 Å². The molecule has 2 amide bonds. The molecule has 0 unspecified atom stereocenters. The van der Waals surface area contributed by atoms with Crippen LogP contribution in [0.25, 0.3) is 0 Å². The maximum absolute atomic E-state index is 12.7. The van der Waals surface area contributed by atoms with Crippen molar-refractivity contribution in [1.82, 2.24) is 30.2 Å². The van der Waals surface area contributed by atoms with Crippen LogP contribution in [0.15, 0.2) is 42.9 Å². The zero-order valence-corrected chi connectivity index (χ0v) is 18.9. The van der Waals surface area contributed by atoms with Crippen LogP contribution in [0.4, 0.5) is 0 Å². The molecule has 0 radical (unpaired) electrons. The highest BCUT2D eigenvalue weighted by atomic mass is 16.5. The maximum Gasteiger partial charge on any atom is 0.274 e. The molecule has 0 bridgehead atoms. The van der Waals surface area contributed by atoms with Crippen molar-refractivity contribution in [3.8, 4) is 5.75 Å². The Kier molecular flexibility index (Phi) is 6.58. The number of nitrogens with zero attached hydrogens (tertiary/aromatic N) is 5. The normalized spacial score (nSPS) is 15.4. The summed E-state index contributed by atoms with van der Waals surface area (Å²) in [5.41, 5.74) is 3.08. The highest BCUT2D eigenvalue weighted by molar-refractivity contribution is 5.95. The first-order chi connectivity index (χ1) is 15.9. The summed E-state index contributed by atoms with van der Waals surface area (Å²) in [5, 5.41) is 2.90. The van der Waals surface area contributed by atoms with Crippen LogP contribution in [-0.2, 0) is 6.54 Å². The van der Waals surface area contributed by atoms with E-state index in [2.05, 4.69) is 25.3 Å². The van der Waals surface area contributed by atoms with Crippen LogP contribution in [0.3, 0.4) is 0 Å². The first kappa shape index (κ1) is 22.3. The zero-order valence-electron chi connectivity index (χ0n) is 18.9. The van der Waals surface area contributed by atoms with Crippen LogP contribution in [0, 0.1) is 13.8 Å². The van der Waals surface area contributed by atoms with Gasteiger partial charge in [0.25, 0.3) is 11.8 Å². The number of aryl methyl sites for hydroxylation is 2. The number of carbonyl (C=O) groups excluding carboxylic acids is 2. The van der Waals surface area contributed by atoms with E-state index in [4.69, 9.17) is 4.74 Å². The van der Waals surface area contributed by atoms with Gasteiger partial charge in [-0.05, 0) is 38.0 Å². The van der Waals surface area contributed by atoms with Crippen LogP contribution in [-0.4, -0.2) is 56.8 Å². The molecule has 9 heteroatoms. The van der Waals surface area contributed by atoms with Gasteiger partial charge in [0.15, 0.2) is 0 Å². The summed E-state index contributed by atoms with van der Waals surface area (Å²) in [4.78, 5) is 44.5. The Morgan fingerprint density at radius 1 is 1.15 bits per heavy atom. The Bertz CT molecular complexity index is 1170. The number of aromatic nitrogens is 4. The number of methoxy groups -OCH3 is 1. The molecule has 3 aromatic rings. The second-order valence-corrected chi connectivity index (χ2v) is 8.04. The molecule has 170 valence electrons. The number of hydrogen-bond acceptors (Lipinski definition) is 7. The number of amides is 2. The van der Waals surface area contributed by atoms with Gasteiger partial charge in [-0.2, -0.15) is 0 Å². The molecule has 0 saturated carbocycles. The Morgan fingerprint density at radius 2 is 2.00 bits per heavy atom. The predicted octanol–water partition coefficient (Wildman–Crippen LogP) is 2.45. The van der Waals surface area contributed by atoms with Gasteiger partial charge < -0.3 is 15.0 Å². The van der Waals surface area contributed by atoms with Gasteiger partial charge in [0.2, 0.25) is 0 Å². The number of benzene rings is 1. The lowest BCUT2D eigenvalue weighted by Gasteiger charge is -2.16. The predicted molar refractivity (Wildman–Crippen MR) is 121 cm³/mol. The highest BCUT2D eigenvalue weighted by Gasteiger charge is 2.30. The molecule has 1 aliphatic rings. The van der Waals surface area contributed by atoms with E-state index in [-0.39, 0.29) is 17.7 Å². The van der Waals surface area contributed by atoms with Gasteiger partial charge >= 0.3 is 0 Å². The molecule has 9 nitrogen and oxygen atoms in total. The summed E-state index contributed by atoms with van der Waals surface area (Å²) >= 11 is 0. The summed E-state index contributed by atoms with van der Waals surface area (Å²) in [6.45, 7) is 5.11.